The first-order chi connectivity index (χ1) is 8.62. The standard InChI is InChI=1S/C15H26O3/c1-12(16)10-13-11-14(8-9-14)18-15(17-13)6-4-2-3-5-7-15/h12-13,16H,2-11H2,1H3. The highest BCUT2D eigenvalue weighted by molar-refractivity contribution is 5.02. The Kier molecular flexibility index (Phi) is 3.41. The van der Waals surface area contributed by atoms with E-state index in [1.54, 1.807) is 0 Å². The minimum atomic E-state index is -0.315. The molecule has 1 heterocycles. The molecule has 104 valence electrons. The molecule has 3 heteroatoms. The average molecular weight is 254 g/mol. The number of aliphatic hydroxyl groups is 1. The molecule has 2 saturated carbocycles. The zero-order valence-corrected chi connectivity index (χ0v) is 11.5. The Balaban J connectivity index is 1.72. The van der Waals surface area contributed by atoms with E-state index in [0.717, 1.165) is 25.7 Å². The van der Waals surface area contributed by atoms with Crippen molar-refractivity contribution >= 4 is 0 Å². The molecule has 0 radical (unpaired) electrons. The first-order valence-corrected chi connectivity index (χ1v) is 7.68. The Bertz CT molecular complexity index is 288. The van der Waals surface area contributed by atoms with Crippen LogP contribution in [-0.2, 0) is 9.47 Å². The van der Waals surface area contributed by atoms with Crippen LogP contribution in [0.2, 0.25) is 0 Å². The van der Waals surface area contributed by atoms with E-state index in [-0.39, 0.29) is 23.6 Å². The molecule has 18 heavy (non-hydrogen) atoms. The van der Waals surface area contributed by atoms with E-state index >= 15 is 0 Å². The summed E-state index contributed by atoms with van der Waals surface area (Å²) in [5, 5.41) is 9.62. The average Bonchev–Trinajstić information content (AvgIpc) is 3.03. The molecule has 0 aromatic heterocycles. The van der Waals surface area contributed by atoms with Crippen molar-refractivity contribution in [2.45, 2.75) is 94.7 Å². The number of ether oxygens (including phenoxy) is 2. The van der Waals surface area contributed by atoms with Crippen LogP contribution < -0.4 is 0 Å². The number of rotatable bonds is 2. The Morgan fingerprint density at radius 2 is 1.78 bits per heavy atom. The van der Waals surface area contributed by atoms with Crippen molar-refractivity contribution in [3.05, 3.63) is 0 Å². The minimum Gasteiger partial charge on any atom is -0.393 e. The van der Waals surface area contributed by atoms with Gasteiger partial charge in [0.25, 0.3) is 0 Å². The Morgan fingerprint density at radius 1 is 1.11 bits per heavy atom. The van der Waals surface area contributed by atoms with Gasteiger partial charge >= 0.3 is 0 Å². The van der Waals surface area contributed by atoms with Crippen molar-refractivity contribution < 1.29 is 14.6 Å². The van der Waals surface area contributed by atoms with Gasteiger partial charge in [-0.15, -0.1) is 0 Å². The maximum absolute atomic E-state index is 9.62. The third-order valence-electron chi connectivity index (χ3n) is 4.66. The van der Waals surface area contributed by atoms with E-state index in [1.807, 2.05) is 6.92 Å². The van der Waals surface area contributed by atoms with Crippen molar-refractivity contribution in [2.75, 3.05) is 0 Å². The molecule has 0 aromatic carbocycles. The summed E-state index contributed by atoms with van der Waals surface area (Å²) in [6.07, 6.45) is 11.2. The van der Waals surface area contributed by atoms with Crippen LogP contribution in [0, 0.1) is 0 Å². The second-order valence-corrected chi connectivity index (χ2v) is 6.64. The van der Waals surface area contributed by atoms with Crippen LogP contribution >= 0.6 is 0 Å². The monoisotopic (exact) mass is 254 g/mol. The molecule has 2 spiro atoms. The van der Waals surface area contributed by atoms with Crippen LogP contribution in [0.3, 0.4) is 0 Å². The maximum Gasteiger partial charge on any atom is 0.169 e. The molecule has 3 fully saturated rings. The zero-order chi connectivity index (χ0) is 12.6. The molecule has 3 nitrogen and oxygen atoms in total. The molecule has 2 unspecified atom stereocenters. The minimum absolute atomic E-state index is 0.113. The van der Waals surface area contributed by atoms with E-state index in [2.05, 4.69) is 0 Å². The third kappa shape index (κ3) is 2.73. The molecule has 1 N–H and O–H groups in total. The summed E-state index contributed by atoms with van der Waals surface area (Å²) in [7, 11) is 0. The first kappa shape index (κ1) is 12.9. The van der Waals surface area contributed by atoms with Gasteiger partial charge in [-0.25, -0.2) is 0 Å². The van der Waals surface area contributed by atoms with Gasteiger partial charge in [-0.1, -0.05) is 12.8 Å². The number of hydrogen-bond acceptors (Lipinski definition) is 3. The fraction of sp³-hybridized carbons (Fsp3) is 1.00. The Morgan fingerprint density at radius 3 is 2.33 bits per heavy atom. The molecule has 1 aliphatic heterocycles. The predicted octanol–water partition coefficient (Wildman–Crippen LogP) is 3.15. The van der Waals surface area contributed by atoms with Crippen LogP contribution in [0.15, 0.2) is 0 Å². The van der Waals surface area contributed by atoms with Crippen molar-refractivity contribution in [3.63, 3.8) is 0 Å². The molecule has 2 atom stereocenters. The fourth-order valence-corrected chi connectivity index (χ4v) is 3.67. The predicted molar refractivity (Wildman–Crippen MR) is 69.3 cm³/mol. The lowest BCUT2D eigenvalue weighted by atomic mass is 9.98. The van der Waals surface area contributed by atoms with Gasteiger partial charge in [0, 0.05) is 19.3 Å². The SMILES string of the molecule is CC(O)CC1CC2(CC2)OC2(CCCCCC2)O1. The molecule has 0 aromatic rings. The highest BCUT2D eigenvalue weighted by atomic mass is 16.7. The summed E-state index contributed by atoms with van der Waals surface area (Å²) >= 11 is 0. The van der Waals surface area contributed by atoms with Crippen molar-refractivity contribution in [1.82, 2.24) is 0 Å². The van der Waals surface area contributed by atoms with E-state index < -0.39 is 0 Å². The van der Waals surface area contributed by atoms with E-state index in [4.69, 9.17) is 9.47 Å². The highest BCUT2D eigenvalue weighted by Crippen LogP contribution is 2.53. The molecule has 2 aliphatic carbocycles. The molecular weight excluding hydrogens is 228 g/mol. The van der Waals surface area contributed by atoms with Gasteiger partial charge in [-0.05, 0) is 39.0 Å². The molecule has 3 aliphatic rings. The molecule has 3 rings (SSSR count). The maximum atomic E-state index is 9.62. The van der Waals surface area contributed by atoms with Gasteiger partial charge in [0.2, 0.25) is 0 Å². The summed E-state index contributed by atoms with van der Waals surface area (Å²) in [6, 6.07) is 0. The molecule has 1 saturated heterocycles. The smallest absolute Gasteiger partial charge is 0.169 e. The van der Waals surface area contributed by atoms with E-state index in [1.165, 1.54) is 38.5 Å². The second kappa shape index (κ2) is 4.77. The zero-order valence-electron chi connectivity index (χ0n) is 11.5. The van der Waals surface area contributed by atoms with Crippen molar-refractivity contribution in [2.24, 2.45) is 0 Å². The lowest BCUT2D eigenvalue weighted by Crippen LogP contribution is -2.50. The largest absolute Gasteiger partial charge is 0.393 e. The molecular formula is C15H26O3. The summed E-state index contributed by atoms with van der Waals surface area (Å²) in [4.78, 5) is 0. The van der Waals surface area contributed by atoms with Crippen molar-refractivity contribution in [3.8, 4) is 0 Å². The normalized spacial score (nSPS) is 35.3. The Hall–Kier alpha value is -0.120. The highest BCUT2D eigenvalue weighted by Gasteiger charge is 2.56. The van der Waals surface area contributed by atoms with Gasteiger partial charge in [0.15, 0.2) is 5.79 Å². The lowest BCUT2D eigenvalue weighted by Gasteiger charge is -2.45. The van der Waals surface area contributed by atoms with Gasteiger partial charge in [-0.3, -0.25) is 0 Å². The van der Waals surface area contributed by atoms with Gasteiger partial charge < -0.3 is 14.6 Å². The topological polar surface area (TPSA) is 38.7 Å². The quantitative estimate of drug-likeness (QED) is 0.822. The van der Waals surface area contributed by atoms with E-state index in [0.29, 0.717) is 0 Å². The third-order valence-corrected chi connectivity index (χ3v) is 4.66. The Labute approximate surface area is 110 Å². The van der Waals surface area contributed by atoms with E-state index in [9.17, 15) is 5.11 Å². The summed E-state index contributed by atoms with van der Waals surface area (Å²) in [5.74, 6) is -0.315. The van der Waals surface area contributed by atoms with Crippen molar-refractivity contribution in [1.29, 1.82) is 0 Å². The van der Waals surface area contributed by atoms with Gasteiger partial charge in [0.05, 0.1) is 17.8 Å². The lowest BCUT2D eigenvalue weighted by molar-refractivity contribution is -0.333. The van der Waals surface area contributed by atoms with Gasteiger partial charge in [-0.2, -0.15) is 0 Å². The van der Waals surface area contributed by atoms with Crippen LogP contribution in [0.4, 0.5) is 0 Å². The number of aliphatic hydroxyl groups excluding tert-OH is 1. The fourth-order valence-electron chi connectivity index (χ4n) is 3.67. The van der Waals surface area contributed by atoms with Crippen LogP contribution in [0.1, 0.15) is 71.1 Å². The molecule has 0 amide bonds. The second-order valence-electron chi connectivity index (χ2n) is 6.64. The van der Waals surface area contributed by atoms with Crippen LogP contribution in [0.5, 0.6) is 0 Å². The summed E-state index contributed by atoms with van der Waals surface area (Å²) < 4.78 is 12.7. The molecule has 0 bridgehead atoms. The summed E-state index contributed by atoms with van der Waals surface area (Å²) in [6.45, 7) is 1.86. The van der Waals surface area contributed by atoms with Crippen LogP contribution in [-0.4, -0.2) is 28.7 Å². The van der Waals surface area contributed by atoms with Crippen LogP contribution in [0.25, 0.3) is 0 Å². The van der Waals surface area contributed by atoms with Gasteiger partial charge in [0.1, 0.15) is 0 Å². The summed E-state index contributed by atoms with van der Waals surface area (Å²) in [5.41, 5.74) is 0.113. The first-order valence-electron chi connectivity index (χ1n) is 7.68. The number of hydrogen-bond donors (Lipinski definition) is 1.